The highest BCUT2D eigenvalue weighted by atomic mass is 19.1. The first-order valence-corrected chi connectivity index (χ1v) is 6.75. The van der Waals surface area contributed by atoms with Crippen LogP contribution in [0.5, 0.6) is 5.75 Å². The molecule has 0 radical (unpaired) electrons. The molecule has 1 unspecified atom stereocenters. The molecule has 1 heterocycles. The maximum Gasteiger partial charge on any atom is 0.124 e. The minimum atomic E-state index is -0.251. The maximum atomic E-state index is 13.4. The summed E-state index contributed by atoms with van der Waals surface area (Å²) in [6.07, 6.45) is 3.48. The molecule has 1 aromatic carbocycles. The first-order valence-electron chi connectivity index (χ1n) is 6.75. The molecule has 1 aromatic heterocycles. The minimum absolute atomic E-state index is 0.0413. The summed E-state index contributed by atoms with van der Waals surface area (Å²) in [6, 6.07) is 8.47. The standard InChI is InChI=1S/C16H19FN2O/c1-3-19-12(2)15-9-14(17)6-7-16(15)20-11-13-5-4-8-18-10-13/h4-10,12,19H,3,11H2,1-2H3. The van der Waals surface area contributed by atoms with Gasteiger partial charge in [0.25, 0.3) is 0 Å². The van der Waals surface area contributed by atoms with Crippen LogP contribution in [0.1, 0.15) is 31.0 Å². The van der Waals surface area contributed by atoms with E-state index in [1.807, 2.05) is 26.0 Å². The average Bonchev–Trinajstić information content (AvgIpc) is 2.47. The van der Waals surface area contributed by atoms with Crippen molar-refractivity contribution in [2.75, 3.05) is 6.54 Å². The van der Waals surface area contributed by atoms with Crippen LogP contribution in [0, 0.1) is 5.82 Å². The number of nitrogens with zero attached hydrogens (tertiary/aromatic N) is 1. The predicted molar refractivity (Wildman–Crippen MR) is 77.1 cm³/mol. The fourth-order valence-corrected chi connectivity index (χ4v) is 2.05. The minimum Gasteiger partial charge on any atom is -0.489 e. The van der Waals surface area contributed by atoms with E-state index >= 15 is 0 Å². The summed E-state index contributed by atoms with van der Waals surface area (Å²) in [5.41, 5.74) is 1.81. The molecule has 0 aliphatic rings. The van der Waals surface area contributed by atoms with Crippen molar-refractivity contribution in [3.63, 3.8) is 0 Å². The topological polar surface area (TPSA) is 34.1 Å². The molecule has 3 nitrogen and oxygen atoms in total. The molecule has 2 rings (SSSR count). The molecule has 2 aromatic rings. The normalized spacial score (nSPS) is 12.2. The SMILES string of the molecule is CCNC(C)c1cc(F)ccc1OCc1cccnc1. The molecule has 0 spiro atoms. The third-order valence-corrected chi connectivity index (χ3v) is 3.07. The Labute approximate surface area is 118 Å². The maximum absolute atomic E-state index is 13.4. The molecule has 0 saturated carbocycles. The van der Waals surface area contributed by atoms with Crippen molar-refractivity contribution in [3.8, 4) is 5.75 Å². The molecule has 106 valence electrons. The van der Waals surface area contributed by atoms with Crippen molar-refractivity contribution < 1.29 is 9.13 Å². The lowest BCUT2D eigenvalue weighted by molar-refractivity contribution is 0.299. The van der Waals surface area contributed by atoms with Crippen LogP contribution in [0.25, 0.3) is 0 Å². The highest BCUT2D eigenvalue weighted by molar-refractivity contribution is 5.36. The summed E-state index contributed by atoms with van der Waals surface area (Å²) >= 11 is 0. The van der Waals surface area contributed by atoms with Crippen molar-refractivity contribution in [3.05, 3.63) is 59.7 Å². The van der Waals surface area contributed by atoms with Crippen LogP contribution < -0.4 is 10.1 Å². The van der Waals surface area contributed by atoms with Gasteiger partial charge in [-0.1, -0.05) is 13.0 Å². The number of halogens is 1. The largest absolute Gasteiger partial charge is 0.489 e. The zero-order valence-corrected chi connectivity index (χ0v) is 11.8. The van der Waals surface area contributed by atoms with Crippen LogP contribution in [0.2, 0.25) is 0 Å². The van der Waals surface area contributed by atoms with Gasteiger partial charge in [-0.05, 0) is 37.7 Å². The van der Waals surface area contributed by atoms with E-state index in [-0.39, 0.29) is 11.9 Å². The van der Waals surface area contributed by atoms with Crippen LogP contribution in [-0.4, -0.2) is 11.5 Å². The van der Waals surface area contributed by atoms with E-state index in [4.69, 9.17) is 4.74 Å². The summed E-state index contributed by atoms with van der Waals surface area (Å²) in [5.74, 6) is 0.446. The first-order chi connectivity index (χ1) is 9.70. The lowest BCUT2D eigenvalue weighted by Crippen LogP contribution is -2.18. The molecular formula is C16H19FN2O. The Hall–Kier alpha value is -1.94. The van der Waals surface area contributed by atoms with Crippen LogP contribution in [0.15, 0.2) is 42.7 Å². The highest BCUT2D eigenvalue weighted by Gasteiger charge is 2.12. The van der Waals surface area contributed by atoms with Gasteiger partial charge in [0, 0.05) is 29.6 Å². The molecule has 0 fully saturated rings. The van der Waals surface area contributed by atoms with Gasteiger partial charge in [-0.2, -0.15) is 0 Å². The van der Waals surface area contributed by atoms with Crippen molar-refractivity contribution in [1.29, 1.82) is 0 Å². The van der Waals surface area contributed by atoms with Crippen LogP contribution >= 0.6 is 0 Å². The zero-order chi connectivity index (χ0) is 14.4. The van der Waals surface area contributed by atoms with E-state index in [0.29, 0.717) is 12.4 Å². The van der Waals surface area contributed by atoms with Gasteiger partial charge in [-0.15, -0.1) is 0 Å². The van der Waals surface area contributed by atoms with Gasteiger partial charge in [0.2, 0.25) is 0 Å². The van der Waals surface area contributed by atoms with Crippen LogP contribution in [-0.2, 0) is 6.61 Å². The van der Waals surface area contributed by atoms with Crippen molar-refractivity contribution in [2.24, 2.45) is 0 Å². The van der Waals surface area contributed by atoms with Gasteiger partial charge < -0.3 is 10.1 Å². The number of pyridine rings is 1. The number of rotatable bonds is 6. The number of hydrogen-bond acceptors (Lipinski definition) is 3. The predicted octanol–water partition coefficient (Wildman–Crippen LogP) is 3.47. The van der Waals surface area contributed by atoms with Gasteiger partial charge in [-0.25, -0.2) is 4.39 Å². The van der Waals surface area contributed by atoms with E-state index in [1.165, 1.54) is 12.1 Å². The van der Waals surface area contributed by atoms with Gasteiger partial charge >= 0.3 is 0 Å². The first kappa shape index (κ1) is 14.5. The third kappa shape index (κ3) is 3.78. The second kappa shape index (κ2) is 7.01. The second-order valence-electron chi connectivity index (χ2n) is 4.61. The number of benzene rings is 1. The summed E-state index contributed by atoms with van der Waals surface area (Å²) < 4.78 is 19.2. The van der Waals surface area contributed by atoms with Crippen LogP contribution in [0.4, 0.5) is 4.39 Å². The van der Waals surface area contributed by atoms with Crippen LogP contribution in [0.3, 0.4) is 0 Å². The van der Waals surface area contributed by atoms with Crippen molar-refractivity contribution in [2.45, 2.75) is 26.5 Å². The number of aromatic nitrogens is 1. The molecule has 20 heavy (non-hydrogen) atoms. The summed E-state index contributed by atoms with van der Waals surface area (Å²) in [6.45, 7) is 5.26. The molecule has 0 bridgehead atoms. The Balaban J connectivity index is 2.14. The lowest BCUT2D eigenvalue weighted by Gasteiger charge is -2.17. The Morgan fingerprint density at radius 3 is 2.90 bits per heavy atom. The smallest absolute Gasteiger partial charge is 0.124 e. The average molecular weight is 274 g/mol. The highest BCUT2D eigenvalue weighted by Crippen LogP contribution is 2.26. The Morgan fingerprint density at radius 1 is 1.35 bits per heavy atom. The fraction of sp³-hybridized carbons (Fsp3) is 0.312. The molecule has 1 N–H and O–H groups in total. The Kier molecular flexibility index (Phi) is 5.07. The van der Waals surface area contributed by atoms with Crippen molar-refractivity contribution in [1.82, 2.24) is 10.3 Å². The number of hydrogen-bond donors (Lipinski definition) is 1. The molecule has 0 saturated heterocycles. The molecule has 4 heteroatoms. The summed E-state index contributed by atoms with van der Waals surface area (Å²) in [4.78, 5) is 4.05. The van der Waals surface area contributed by atoms with Gasteiger partial charge in [0.05, 0.1) is 0 Å². The summed E-state index contributed by atoms with van der Waals surface area (Å²) in [7, 11) is 0. The zero-order valence-electron chi connectivity index (χ0n) is 11.8. The van der Waals surface area contributed by atoms with E-state index in [1.54, 1.807) is 18.5 Å². The van der Waals surface area contributed by atoms with E-state index < -0.39 is 0 Å². The number of nitrogens with one attached hydrogen (secondary N) is 1. The monoisotopic (exact) mass is 274 g/mol. The van der Waals surface area contributed by atoms with E-state index in [0.717, 1.165) is 17.7 Å². The summed E-state index contributed by atoms with van der Waals surface area (Å²) in [5, 5.41) is 3.27. The van der Waals surface area contributed by atoms with Crippen molar-refractivity contribution >= 4 is 0 Å². The van der Waals surface area contributed by atoms with Gasteiger partial charge in [0.1, 0.15) is 18.2 Å². The number of ether oxygens (including phenoxy) is 1. The second-order valence-corrected chi connectivity index (χ2v) is 4.61. The van der Waals surface area contributed by atoms with Gasteiger partial charge in [-0.3, -0.25) is 4.98 Å². The van der Waals surface area contributed by atoms with E-state index in [9.17, 15) is 4.39 Å². The Bertz CT molecular complexity index is 545. The molecule has 1 atom stereocenters. The van der Waals surface area contributed by atoms with E-state index in [2.05, 4.69) is 10.3 Å². The fourth-order valence-electron chi connectivity index (χ4n) is 2.05. The third-order valence-electron chi connectivity index (χ3n) is 3.07. The van der Waals surface area contributed by atoms with Gasteiger partial charge in [0.15, 0.2) is 0 Å². The molecule has 0 amide bonds. The molecular weight excluding hydrogens is 255 g/mol. The lowest BCUT2D eigenvalue weighted by atomic mass is 10.1. The molecule has 0 aliphatic carbocycles. The Morgan fingerprint density at radius 2 is 2.20 bits per heavy atom. The quantitative estimate of drug-likeness (QED) is 0.875. The molecule has 0 aliphatic heterocycles.